The number of aliphatic hydroxyl groups excluding tert-OH is 5. The van der Waals surface area contributed by atoms with Crippen LogP contribution < -0.4 is 5.32 Å². The fourth-order valence-corrected chi connectivity index (χ4v) is 10.2. The lowest BCUT2D eigenvalue weighted by Crippen LogP contribution is -2.61. The summed E-state index contributed by atoms with van der Waals surface area (Å²) in [4.78, 5) is 26.6. The Morgan fingerprint density at radius 2 is 0.852 bits per heavy atom. The third-order valence-corrected chi connectivity index (χ3v) is 15.6. The van der Waals surface area contributed by atoms with Gasteiger partial charge in [0.25, 0.3) is 0 Å². The average Bonchev–Trinajstić information content (AvgIpc) is 3.50. The van der Waals surface area contributed by atoms with Crippen LogP contribution in [0.3, 0.4) is 0 Å². The maximum Gasteiger partial charge on any atom is 0.306 e. The lowest BCUT2D eigenvalue weighted by molar-refractivity contribution is -0.305. The molecule has 1 aliphatic heterocycles. The molecule has 1 saturated heterocycles. The van der Waals surface area contributed by atoms with Crippen molar-refractivity contribution in [2.75, 3.05) is 13.2 Å². The van der Waals surface area contributed by atoms with Gasteiger partial charge in [-0.05, 0) is 96.3 Å². The predicted molar refractivity (Wildman–Crippen MR) is 338 cm³/mol. The molecule has 0 aromatic carbocycles. The number of allylic oxidation sites excluding steroid dienone is 11. The molecule has 6 N–H and O–H groups in total. The molecule has 1 fully saturated rings. The smallest absolute Gasteiger partial charge is 0.306 e. The van der Waals surface area contributed by atoms with Crippen molar-refractivity contribution in [2.24, 2.45) is 0 Å². The fourth-order valence-electron chi connectivity index (χ4n) is 10.2. The van der Waals surface area contributed by atoms with E-state index in [4.69, 9.17) is 14.2 Å². The van der Waals surface area contributed by atoms with E-state index in [1.807, 2.05) is 6.08 Å². The van der Waals surface area contributed by atoms with E-state index in [-0.39, 0.29) is 19.4 Å². The van der Waals surface area contributed by atoms with Gasteiger partial charge in [0.05, 0.1) is 25.4 Å². The molecule has 0 saturated carbocycles. The van der Waals surface area contributed by atoms with Gasteiger partial charge in [-0.1, -0.05) is 267 Å². The number of carbonyl (C=O) groups is 2. The van der Waals surface area contributed by atoms with E-state index in [1.165, 1.54) is 167 Å². The highest BCUT2D eigenvalue weighted by molar-refractivity contribution is 5.80. The molecule has 0 spiro atoms. The summed E-state index contributed by atoms with van der Waals surface area (Å²) in [6, 6.07) is -1.03. The van der Waals surface area contributed by atoms with E-state index in [9.17, 15) is 35.1 Å². The topological polar surface area (TPSA) is 175 Å². The van der Waals surface area contributed by atoms with Gasteiger partial charge in [-0.25, -0.2) is 0 Å². The minimum absolute atomic E-state index is 0.116. The van der Waals surface area contributed by atoms with Gasteiger partial charge in [0.2, 0.25) is 5.91 Å². The molecular formula is C70H125NO10. The zero-order chi connectivity index (χ0) is 58.9. The average molecular weight is 1140 g/mol. The maximum absolute atomic E-state index is 13.4. The molecule has 8 atom stereocenters. The molecule has 8 unspecified atom stereocenters. The molecule has 1 aliphatic rings. The number of unbranched alkanes of at least 4 members (excludes halogenated alkanes) is 33. The second-order valence-corrected chi connectivity index (χ2v) is 23.2. The van der Waals surface area contributed by atoms with Crippen molar-refractivity contribution in [3.05, 3.63) is 72.9 Å². The van der Waals surface area contributed by atoms with Crippen molar-refractivity contribution in [1.29, 1.82) is 0 Å². The molecule has 1 rings (SSSR count). The highest BCUT2D eigenvalue weighted by Gasteiger charge is 2.47. The Kier molecular flexibility index (Phi) is 54.1. The SMILES string of the molecule is CCCCC/C=C\C/C=C\C/C=C\C/C=C\CCCCCCCCCCCCCC(=O)OC1C(OCC(NC(=O)C(O)CCCC/C=C\CCCCCCCC)C(O)/C=C/CCCCCCCCCCCCC)OC(CO)C(O)C1O. The van der Waals surface area contributed by atoms with Crippen molar-refractivity contribution >= 4 is 11.9 Å². The molecule has 0 aromatic heterocycles. The third kappa shape index (κ3) is 45.2. The molecule has 11 heteroatoms. The van der Waals surface area contributed by atoms with Crippen molar-refractivity contribution in [3.63, 3.8) is 0 Å². The molecule has 470 valence electrons. The highest BCUT2D eigenvalue weighted by atomic mass is 16.7. The van der Waals surface area contributed by atoms with Crippen LogP contribution in [0.1, 0.15) is 297 Å². The van der Waals surface area contributed by atoms with Gasteiger partial charge in [-0.15, -0.1) is 0 Å². The van der Waals surface area contributed by atoms with E-state index in [0.717, 1.165) is 83.5 Å². The van der Waals surface area contributed by atoms with Crippen LogP contribution in [0.15, 0.2) is 72.9 Å². The van der Waals surface area contributed by atoms with Crippen LogP contribution in [0.2, 0.25) is 0 Å². The van der Waals surface area contributed by atoms with E-state index >= 15 is 0 Å². The first kappa shape index (κ1) is 76.1. The molecule has 0 bridgehead atoms. The molecule has 1 amide bonds. The Hall–Kier alpha value is -2.90. The summed E-state index contributed by atoms with van der Waals surface area (Å²) in [5, 5.41) is 57.0. The summed E-state index contributed by atoms with van der Waals surface area (Å²) in [6.45, 7) is 5.75. The van der Waals surface area contributed by atoms with Crippen molar-refractivity contribution in [1.82, 2.24) is 5.32 Å². The minimum Gasteiger partial charge on any atom is -0.454 e. The van der Waals surface area contributed by atoms with Crippen LogP contribution in [0.25, 0.3) is 0 Å². The van der Waals surface area contributed by atoms with Gasteiger partial charge in [0.1, 0.15) is 24.4 Å². The summed E-state index contributed by atoms with van der Waals surface area (Å²) in [5.74, 6) is -1.21. The van der Waals surface area contributed by atoms with Crippen LogP contribution in [0, 0.1) is 0 Å². The monoisotopic (exact) mass is 1140 g/mol. The van der Waals surface area contributed by atoms with Crippen molar-refractivity contribution in [3.8, 4) is 0 Å². The highest BCUT2D eigenvalue weighted by Crippen LogP contribution is 2.26. The summed E-state index contributed by atoms with van der Waals surface area (Å²) >= 11 is 0. The summed E-state index contributed by atoms with van der Waals surface area (Å²) in [5.41, 5.74) is 0. The Bertz CT molecular complexity index is 1590. The first-order chi connectivity index (χ1) is 39.7. The van der Waals surface area contributed by atoms with Gasteiger partial charge in [0.15, 0.2) is 12.4 Å². The van der Waals surface area contributed by atoms with E-state index in [1.54, 1.807) is 6.08 Å². The number of rotatable bonds is 57. The standard InChI is InChI=1S/C70H125NO10/c1-4-7-10-13-16-19-22-25-26-27-28-29-30-31-32-33-34-35-36-37-38-40-43-46-49-52-55-58-65(75)81-68-67(77)66(76)64(59-72)80-70(68)79-60-61(62(73)56-53-50-47-44-42-39-23-20-17-14-11-8-5-2)71-69(78)63(74)57-54-51-48-45-41-24-21-18-15-12-9-6-3/h16,19,25-26,28-29,31-32,41,45,53,56,61-64,66-68,70,72-74,76-77H,4-15,17-18,20-24,27,30,33-40,42-44,46-52,54-55,57-60H2,1-3H3,(H,71,78)/b19-16-,26-25-,29-28-,32-31-,45-41-,56-53+. The number of aliphatic hydroxyl groups is 5. The van der Waals surface area contributed by atoms with Gasteiger partial charge < -0.3 is 45.1 Å². The molecular weight excluding hydrogens is 1010 g/mol. The second-order valence-electron chi connectivity index (χ2n) is 23.2. The van der Waals surface area contributed by atoms with Crippen LogP contribution in [-0.2, 0) is 23.8 Å². The number of nitrogens with one attached hydrogen (secondary N) is 1. The Morgan fingerprint density at radius 3 is 1.31 bits per heavy atom. The van der Waals surface area contributed by atoms with Gasteiger partial charge >= 0.3 is 5.97 Å². The van der Waals surface area contributed by atoms with Gasteiger partial charge in [-0.3, -0.25) is 9.59 Å². The number of esters is 1. The summed E-state index contributed by atoms with van der Waals surface area (Å²) < 4.78 is 17.6. The predicted octanol–water partition coefficient (Wildman–Crippen LogP) is 16.7. The number of ether oxygens (including phenoxy) is 3. The lowest BCUT2D eigenvalue weighted by Gasteiger charge is -2.41. The number of amides is 1. The zero-order valence-electron chi connectivity index (χ0n) is 52.1. The van der Waals surface area contributed by atoms with Crippen LogP contribution >= 0.6 is 0 Å². The maximum atomic E-state index is 13.4. The zero-order valence-corrected chi connectivity index (χ0v) is 52.1. The van der Waals surface area contributed by atoms with Crippen LogP contribution in [0.5, 0.6) is 0 Å². The molecule has 11 nitrogen and oxygen atoms in total. The third-order valence-electron chi connectivity index (χ3n) is 15.6. The van der Waals surface area contributed by atoms with Gasteiger partial charge in [-0.2, -0.15) is 0 Å². The first-order valence-electron chi connectivity index (χ1n) is 33.7. The first-order valence-corrected chi connectivity index (χ1v) is 33.7. The van der Waals surface area contributed by atoms with Crippen molar-refractivity contribution in [2.45, 2.75) is 346 Å². The van der Waals surface area contributed by atoms with Crippen LogP contribution in [-0.4, -0.2) is 99.6 Å². The fraction of sp³-hybridized carbons (Fsp3) is 0.800. The molecule has 0 aromatic rings. The summed E-state index contributed by atoms with van der Waals surface area (Å²) in [6.07, 6.45) is 63.7. The van der Waals surface area contributed by atoms with Crippen LogP contribution in [0.4, 0.5) is 0 Å². The number of hydrogen-bond acceptors (Lipinski definition) is 10. The number of hydrogen-bond donors (Lipinski definition) is 6. The van der Waals surface area contributed by atoms with Crippen molar-refractivity contribution < 1.29 is 49.3 Å². The molecule has 1 heterocycles. The quantitative estimate of drug-likeness (QED) is 0.0195. The van der Waals surface area contributed by atoms with Gasteiger partial charge in [0, 0.05) is 6.42 Å². The second kappa shape index (κ2) is 57.5. The Labute approximate surface area is 496 Å². The largest absolute Gasteiger partial charge is 0.454 e. The molecule has 0 radical (unpaired) electrons. The minimum atomic E-state index is -1.62. The molecule has 81 heavy (non-hydrogen) atoms. The molecule has 0 aliphatic carbocycles. The Balaban J connectivity index is 2.57. The normalized spacial score (nSPS) is 19.1. The van der Waals surface area contributed by atoms with E-state index in [0.29, 0.717) is 12.8 Å². The Morgan fingerprint density at radius 1 is 0.481 bits per heavy atom. The number of carbonyl (C=O) groups excluding carboxylic acids is 2. The van der Waals surface area contributed by atoms with E-state index < -0.39 is 67.4 Å². The lowest BCUT2D eigenvalue weighted by atomic mass is 9.99. The summed E-state index contributed by atoms with van der Waals surface area (Å²) in [7, 11) is 0. The van der Waals surface area contributed by atoms with E-state index in [2.05, 4.69) is 86.8 Å².